The van der Waals surface area contributed by atoms with Gasteiger partial charge in [0.1, 0.15) is 5.69 Å². The minimum atomic E-state index is -9.26. The van der Waals surface area contributed by atoms with Gasteiger partial charge in [-0.25, -0.2) is 18.2 Å². The summed E-state index contributed by atoms with van der Waals surface area (Å²) in [5, 5.41) is 3.19. The first-order valence-electron chi connectivity index (χ1n) is 15.4. The topological polar surface area (TPSA) is 65.5 Å². The molecule has 56 heavy (non-hydrogen) atoms. The van der Waals surface area contributed by atoms with E-state index in [0.717, 1.165) is 17.5 Å². The quantitative estimate of drug-likeness (QED) is 0.269. The van der Waals surface area contributed by atoms with Crippen LogP contribution >= 0.6 is 11.3 Å². The molecule has 2 saturated heterocycles. The van der Waals surface area contributed by atoms with E-state index in [2.05, 4.69) is 10.3 Å². The van der Waals surface area contributed by atoms with E-state index in [-0.39, 0.29) is 16.4 Å². The van der Waals surface area contributed by atoms with Crippen molar-refractivity contribution in [3.05, 3.63) is 39.8 Å². The predicted molar refractivity (Wildman–Crippen MR) is 152 cm³/mol. The number of aromatic nitrogens is 1. The van der Waals surface area contributed by atoms with E-state index in [9.17, 15) is 84.2 Å². The van der Waals surface area contributed by atoms with Crippen molar-refractivity contribution in [3.8, 4) is 0 Å². The van der Waals surface area contributed by atoms with E-state index < -0.39 is 114 Å². The van der Waals surface area contributed by atoms with Crippen LogP contribution in [-0.2, 0) is 11.0 Å². The Labute approximate surface area is 303 Å². The number of thiazole rings is 1. The molecule has 0 bridgehead atoms. The van der Waals surface area contributed by atoms with Crippen LogP contribution in [0.4, 0.5) is 99.2 Å². The smallest absolute Gasteiger partial charge is 0.370 e. The van der Waals surface area contributed by atoms with Crippen LogP contribution in [0.15, 0.2) is 23.6 Å². The molecule has 0 radical (unpaired) electrons. The second-order valence-corrected chi connectivity index (χ2v) is 13.5. The zero-order chi connectivity index (χ0) is 42.9. The molecule has 1 aromatic carbocycles. The van der Waals surface area contributed by atoms with Crippen LogP contribution in [0, 0.1) is 5.41 Å². The summed E-state index contributed by atoms with van der Waals surface area (Å²) in [6.07, 6.45) is -39.4. The highest BCUT2D eigenvalue weighted by molar-refractivity contribution is 7.10. The van der Waals surface area contributed by atoms with Crippen LogP contribution in [-0.4, -0.2) is 90.1 Å². The molecule has 3 heterocycles. The molecular weight excluding hydrogens is 848 g/mol. The van der Waals surface area contributed by atoms with E-state index in [1.807, 2.05) is 0 Å². The van der Waals surface area contributed by atoms with Gasteiger partial charge in [0.05, 0.1) is 21.9 Å². The molecule has 2 fully saturated rings. The Morgan fingerprint density at radius 3 is 1.64 bits per heavy atom. The number of carbonyl (C=O) groups is 2. The number of carbonyl (C=O) groups excluding carboxylic acids is 2. The van der Waals surface area contributed by atoms with Crippen LogP contribution in [0.3, 0.4) is 0 Å². The highest BCUT2D eigenvalue weighted by Crippen LogP contribution is 2.72. The van der Waals surface area contributed by atoms with Crippen LogP contribution in [0.1, 0.15) is 52.7 Å². The van der Waals surface area contributed by atoms with Crippen molar-refractivity contribution in [2.24, 2.45) is 5.41 Å². The SMILES string of the molecule is O=C(Nc1cc(C(F)(F)F)ccc1N1CCCC1)c1csc(C2CCN(C(=O)C(F)(F)C(F)(C(F)(F)F)C(F)(F)C(C(F)(F)F)(C(F)(F)F)C(F)(F)F)CC2)n1. The van der Waals surface area contributed by atoms with Crippen molar-refractivity contribution in [2.45, 2.75) is 80.0 Å². The summed E-state index contributed by atoms with van der Waals surface area (Å²) in [4.78, 5) is 30.5. The molecule has 27 heteroatoms. The average molecular weight is 871 g/mol. The molecule has 1 unspecified atom stereocenters. The Balaban J connectivity index is 1.59. The van der Waals surface area contributed by atoms with Gasteiger partial charge in [0.2, 0.25) is 0 Å². The van der Waals surface area contributed by atoms with Crippen LogP contribution in [0.2, 0.25) is 0 Å². The normalized spacial score (nSPS) is 18.6. The fourth-order valence-corrected chi connectivity index (χ4v) is 7.29. The number of amides is 2. The maximum Gasteiger partial charge on any atom is 0.435 e. The number of nitrogens with one attached hydrogen (secondary N) is 1. The highest BCUT2D eigenvalue weighted by Gasteiger charge is 3.03. The second kappa shape index (κ2) is 14.2. The number of hydrogen-bond donors (Lipinski definition) is 1. The minimum absolute atomic E-state index is 0.121. The summed E-state index contributed by atoms with van der Waals surface area (Å²) in [5.74, 6) is -23.0. The Kier molecular flexibility index (Phi) is 11.4. The summed E-state index contributed by atoms with van der Waals surface area (Å²) in [5.41, 5.74) is -19.6. The van der Waals surface area contributed by atoms with Gasteiger partial charge in [0.15, 0.2) is 0 Å². The van der Waals surface area contributed by atoms with E-state index in [1.165, 1.54) is 0 Å². The maximum absolute atomic E-state index is 15.2. The fraction of sp³-hybridized carbons (Fsp3) is 0.621. The first-order chi connectivity index (χ1) is 25.2. The third kappa shape index (κ3) is 7.16. The summed E-state index contributed by atoms with van der Waals surface area (Å²) in [6.45, 7) is -1.82. The number of nitrogens with zero attached hydrogens (tertiary/aromatic N) is 3. The maximum atomic E-state index is 15.2. The van der Waals surface area contributed by atoms with Crippen LogP contribution in [0.5, 0.6) is 0 Å². The summed E-state index contributed by atoms with van der Waals surface area (Å²) in [6, 6.07) is 2.55. The summed E-state index contributed by atoms with van der Waals surface area (Å²) < 4.78 is 277. The van der Waals surface area contributed by atoms with Crippen molar-refractivity contribution in [1.29, 1.82) is 0 Å². The van der Waals surface area contributed by atoms with Crippen molar-refractivity contribution in [1.82, 2.24) is 9.88 Å². The fourth-order valence-electron chi connectivity index (χ4n) is 6.32. The number of likely N-dealkylation sites (tertiary alicyclic amines) is 1. The molecule has 1 atom stereocenters. The number of hydrogen-bond acceptors (Lipinski definition) is 5. The average Bonchev–Trinajstić information content (AvgIpc) is 3.74. The molecule has 4 rings (SSSR count). The number of rotatable bonds is 8. The molecule has 2 aliphatic rings. The van der Waals surface area contributed by atoms with Gasteiger partial charge in [-0.15, -0.1) is 11.3 Å². The monoisotopic (exact) mass is 870 g/mol. The van der Waals surface area contributed by atoms with Crippen LogP contribution < -0.4 is 10.2 Å². The third-order valence-corrected chi connectivity index (χ3v) is 10.2. The largest absolute Gasteiger partial charge is 0.435 e. The van der Waals surface area contributed by atoms with Crippen LogP contribution in [0.25, 0.3) is 0 Å². The van der Waals surface area contributed by atoms with E-state index >= 15 is 13.2 Å². The Bertz CT molecular complexity index is 1730. The minimum Gasteiger partial charge on any atom is -0.370 e. The Morgan fingerprint density at radius 2 is 1.20 bits per heavy atom. The molecule has 0 spiro atoms. The van der Waals surface area contributed by atoms with Gasteiger partial charge in [0, 0.05) is 37.5 Å². The number of anilines is 2. The molecule has 1 aromatic heterocycles. The van der Waals surface area contributed by atoms with Gasteiger partial charge in [-0.1, -0.05) is 0 Å². The molecule has 316 valence electrons. The zero-order valence-corrected chi connectivity index (χ0v) is 28.0. The number of piperidine rings is 1. The van der Waals surface area contributed by atoms with Gasteiger partial charge in [-0.05, 0) is 43.9 Å². The highest BCUT2D eigenvalue weighted by atomic mass is 32.1. The lowest BCUT2D eigenvalue weighted by atomic mass is 9.68. The first-order valence-corrected chi connectivity index (χ1v) is 16.3. The van der Waals surface area contributed by atoms with Crippen molar-refractivity contribution < 1.29 is 97.4 Å². The lowest BCUT2D eigenvalue weighted by Crippen LogP contribution is -2.81. The Morgan fingerprint density at radius 1 is 0.696 bits per heavy atom. The molecule has 2 amide bonds. The van der Waals surface area contributed by atoms with Gasteiger partial charge in [0.25, 0.3) is 11.8 Å². The zero-order valence-electron chi connectivity index (χ0n) is 27.2. The van der Waals surface area contributed by atoms with Crippen molar-refractivity contribution >= 4 is 34.5 Å². The summed E-state index contributed by atoms with van der Waals surface area (Å²) >= 11 is 0.626. The van der Waals surface area contributed by atoms with E-state index in [0.29, 0.717) is 43.3 Å². The molecule has 0 saturated carbocycles. The lowest BCUT2D eigenvalue weighted by molar-refractivity contribution is -0.509. The standard InChI is InChI=1S/C29H22F20N4O2S/c30-21(31,24(35,29(47,48)49)25(36,37)23(26(38,39)40,27(41,42)43)28(44,45)46)20(55)53-9-5-13(6-10-53)19-51-16(12-56-19)18(54)50-15-11-14(22(32,33)34)3-4-17(15)52-7-1-2-8-52/h3-4,11-13H,1-2,5-10H2,(H,50,54). The molecule has 1 N–H and O–H groups in total. The predicted octanol–water partition coefficient (Wildman–Crippen LogP) is 9.93. The first kappa shape index (κ1) is 44.9. The summed E-state index contributed by atoms with van der Waals surface area (Å²) in [7, 11) is 0. The molecular formula is C29H22F20N4O2S. The van der Waals surface area contributed by atoms with Crippen molar-refractivity contribution in [3.63, 3.8) is 0 Å². The van der Waals surface area contributed by atoms with Gasteiger partial charge < -0.3 is 15.1 Å². The third-order valence-electron chi connectivity index (χ3n) is 9.18. The molecule has 0 aliphatic carbocycles. The van der Waals surface area contributed by atoms with Crippen molar-refractivity contribution in [2.75, 3.05) is 36.4 Å². The van der Waals surface area contributed by atoms with Gasteiger partial charge >= 0.3 is 53.8 Å². The second-order valence-electron chi connectivity index (χ2n) is 12.6. The van der Waals surface area contributed by atoms with Gasteiger partial charge in [-0.3, -0.25) is 9.59 Å². The molecule has 6 nitrogen and oxygen atoms in total. The Hall–Kier alpha value is -3.81. The van der Waals surface area contributed by atoms with E-state index in [1.54, 1.807) is 4.90 Å². The number of benzene rings is 1. The van der Waals surface area contributed by atoms with E-state index in [4.69, 9.17) is 0 Å². The number of alkyl halides is 20. The number of halogens is 20. The van der Waals surface area contributed by atoms with Gasteiger partial charge in [-0.2, -0.15) is 74.6 Å². The molecule has 2 aliphatic heterocycles. The lowest BCUT2D eigenvalue weighted by Gasteiger charge is -2.50. The molecule has 2 aromatic rings.